The summed E-state index contributed by atoms with van der Waals surface area (Å²) in [5, 5.41) is 10.2. The van der Waals surface area contributed by atoms with Gasteiger partial charge in [0, 0.05) is 6.54 Å². The minimum Gasteiger partial charge on any atom is -0.385 e. The van der Waals surface area contributed by atoms with Crippen LogP contribution in [0.2, 0.25) is 0 Å². The Morgan fingerprint density at radius 2 is 2.00 bits per heavy atom. The number of fused-ring (bicyclic) bond motifs is 1. The minimum absolute atomic E-state index is 0.457. The van der Waals surface area contributed by atoms with Gasteiger partial charge >= 0.3 is 0 Å². The number of hydrogen-bond acceptors (Lipinski definition) is 2. The Morgan fingerprint density at radius 1 is 1.28 bits per heavy atom. The minimum atomic E-state index is -0.457. The maximum atomic E-state index is 10.2. The van der Waals surface area contributed by atoms with Crippen molar-refractivity contribution in [1.82, 2.24) is 9.55 Å². The van der Waals surface area contributed by atoms with Gasteiger partial charge in [0.2, 0.25) is 0 Å². The predicted octanol–water partition coefficient (Wildman–Crippen LogP) is 3.53. The number of aliphatic hydroxyl groups is 1. The van der Waals surface area contributed by atoms with Gasteiger partial charge in [-0.15, -0.1) is 0 Å². The van der Waals surface area contributed by atoms with Gasteiger partial charge in [-0.1, -0.05) is 39.3 Å². The largest absolute Gasteiger partial charge is 0.385 e. The summed E-state index contributed by atoms with van der Waals surface area (Å²) in [6.07, 6.45) is 1.27. The summed E-state index contributed by atoms with van der Waals surface area (Å²) in [4.78, 5) is 4.60. The van der Waals surface area contributed by atoms with Gasteiger partial charge in [0.1, 0.15) is 11.9 Å². The van der Waals surface area contributed by atoms with Crippen molar-refractivity contribution < 1.29 is 5.11 Å². The molecule has 0 fully saturated rings. The molecule has 1 N–H and O–H groups in total. The molecule has 2 aromatic rings. The number of nitrogens with zero attached hydrogens (tertiary/aromatic N) is 2. The van der Waals surface area contributed by atoms with E-state index in [1.165, 1.54) is 0 Å². The summed E-state index contributed by atoms with van der Waals surface area (Å²) in [7, 11) is 0. The van der Waals surface area contributed by atoms with Crippen LogP contribution in [-0.2, 0) is 6.54 Å². The smallest absolute Gasteiger partial charge is 0.138 e. The van der Waals surface area contributed by atoms with Crippen LogP contribution in [0.15, 0.2) is 24.3 Å². The van der Waals surface area contributed by atoms with Gasteiger partial charge < -0.3 is 9.67 Å². The third kappa shape index (κ3) is 2.56. The number of aliphatic hydroxyl groups excluding tert-OH is 1. The van der Waals surface area contributed by atoms with E-state index < -0.39 is 6.10 Å². The van der Waals surface area contributed by atoms with Crippen molar-refractivity contribution in [3.05, 3.63) is 30.1 Å². The van der Waals surface area contributed by atoms with Crippen molar-refractivity contribution in [2.45, 2.75) is 46.3 Å². The summed E-state index contributed by atoms with van der Waals surface area (Å²) in [5.41, 5.74) is 2.10. The number of rotatable bonds is 5. The Balaban J connectivity index is 2.49. The summed E-state index contributed by atoms with van der Waals surface area (Å²) >= 11 is 0. The molecule has 0 saturated heterocycles. The van der Waals surface area contributed by atoms with Crippen molar-refractivity contribution in [2.24, 2.45) is 5.92 Å². The Morgan fingerprint density at radius 3 is 2.67 bits per heavy atom. The fourth-order valence-electron chi connectivity index (χ4n) is 2.31. The van der Waals surface area contributed by atoms with Crippen molar-refractivity contribution in [3.8, 4) is 0 Å². The van der Waals surface area contributed by atoms with Crippen LogP contribution in [0.25, 0.3) is 11.0 Å². The van der Waals surface area contributed by atoms with Gasteiger partial charge in [0.05, 0.1) is 11.0 Å². The highest BCUT2D eigenvalue weighted by molar-refractivity contribution is 5.76. The number of hydrogen-bond donors (Lipinski definition) is 1. The van der Waals surface area contributed by atoms with Gasteiger partial charge in [-0.3, -0.25) is 0 Å². The standard InChI is InChI=1S/C15H22N2O/c1-4-7-14(18)15-16-12-8-5-6-9-13(12)17(15)10-11(2)3/h5-6,8-9,11,14,18H,4,7,10H2,1-3H3. The maximum Gasteiger partial charge on any atom is 0.138 e. The molecule has 98 valence electrons. The van der Waals surface area contributed by atoms with E-state index >= 15 is 0 Å². The molecular weight excluding hydrogens is 224 g/mol. The zero-order valence-electron chi connectivity index (χ0n) is 11.4. The topological polar surface area (TPSA) is 38.1 Å². The van der Waals surface area contributed by atoms with E-state index in [4.69, 9.17) is 0 Å². The highest BCUT2D eigenvalue weighted by Crippen LogP contribution is 2.24. The van der Waals surface area contributed by atoms with Crippen LogP contribution in [-0.4, -0.2) is 14.7 Å². The van der Waals surface area contributed by atoms with E-state index in [0.717, 1.165) is 36.2 Å². The average molecular weight is 246 g/mol. The lowest BCUT2D eigenvalue weighted by molar-refractivity contribution is 0.151. The molecule has 0 spiro atoms. The van der Waals surface area contributed by atoms with Crippen molar-refractivity contribution in [2.75, 3.05) is 0 Å². The zero-order chi connectivity index (χ0) is 13.1. The van der Waals surface area contributed by atoms with E-state index in [1.807, 2.05) is 18.2 Å². The molecule has 0 aliphatic rings. The molecular formula is C15H22N2O. The molecule has 2 rings (SSSR count). The molecule has 3 heteroatoms. The van der Waals surface area contributed by atoms with E-state index in [9.17, 15) is 5.11 Å². The molecule has 18 heavy (non-hydrogen) atoms. The lowest BCUT2D eigenvalue weighted by Gasteiger charge is -2.15. The Kier molecular flexibility index (Phi) is 4.02. The van der Waals surface area contributed by atoms with Crippen LogP contribution in [0.3, 0.4) is 0 Å². The fourth-order valence-corrected chi connectivity index (χ4v) is 2.31. The first-order chi connectivity index (χ1) is 8.63. The predicted molar refractivity (Wildman–Crippen MR) is 74.4 cm³/mol. The molecule has 1 aromatic heterocycles. The van der Waals surface area contributed by atoms with Gasteiger partial charge in [-0.25, -0.2) is 4.98 Å². The third-order valence-corrected chi connectivity index (χ3v) is 3.09. The third-order valence-electron chi connectivity index (χ3n) is 3.09. The molecule has 0 radical (unpaired) electrons. The Labute approximate surface area is 108 Å². The summed E-state index contributed by atoms with van der Waals surface area (Å²) in [6, 6.07) is 8.10. The monoisotopic (exact) mass is 246 g/mol. The number of imidazole rings is 1. The summed E-state index contributed by atoms with van der Waals surface area (Å²) in [6.45, 7) is 7.35. The Hall–Kier alpha value is -1.35. The van der Waals surface area contributed by atoms with Crippen LogP contribution in [0.1, 0.15) is 45.5 Å². The van der Waals surface area contributed by atoms with Crippen molar-refractivity contribution in [1.29, 1.82) is 0 Å². The van der Waals surface area contributed by atoms with Crippen LogP contribution in [0.4, 0.5) is 0 Å². The molecule has 0 aliphatic carbocycles. The highest BCUT2D eigenvalue weighted by Gasteiger charge is 2.17. The van der Waals surface area contributed by atoms with Gasteiger partial charge in [0.25, 0.3) is 0 Å². The lowest BCUT2D eigenvalue weighted by atomic mass is 10.2. The molecule has 3 nitrogen and oxygen atoms in total. The first kappa shape index (κ1) is 13.1. The second kappa shape index (κ2) is 5.53. The van der Waals surface area contributed by atoms with Crippen molar-refractivity contribution >= 4 is 11.0 Å². The van der Waals surface area contributed by atoms with E-state index in [1.54, 1.807) is 0 Å². The highest BCUT2D eigenvalue weighted by atomic mass is 16.3. The fraction of sp³-hybridized carbons (Fsp3) is 0.533. The maximum absolute atomic E-state index is 10.2. The molecule has 0 saturated carbocycles. The van der Waals surface area contributed by atoms with Gasteiger partial charge in [-0.05, 0) is 24.5 Å². The average Bonchev–Trinajstić information content (AvgIpc) is 2.68. The Bertz CT molecular complexity index is 516. The molecule has 0 bridgehead atoms. The van der Waals surface area contributed by atoms with E-state index in [2.05, 4.69) is 36.4 Å². The summed E-state index contributed by atoms with van der Waals surface area (Å²) < 4.78 is 2.17. The molecule has 1 aromatic carbocycles. The zero-order valence-corrected chi connectivity index (χ0v) is 11.4. The second-order valence-electron chi connectivity index (χ2n) is 5.27. The lowest BCUT2D eigenvalue weighted by Crippen LogP contribution is -2.12. The first-order valence-electron chi connectivity index (χ1n) is 6.76. The number of aromatic nitrogens is 2. The molecule has 1 atom stereocenters. The number of para-hydroxylation sites is 2. The quantitative estimate of drug-likeness (QED) is 0.876. The number of benzene rings is 1. The molecule has 0 amide bonds. The molecule has 1 unspecified atom stereocenters. The van der Waals surface area contributed by atoms with E-state index in [0.29, 0.717) is 5.92 Å². The van der Waals surface area contributed by atoms with Gasteiger partial charge in [0.15, 0.2) is 0 Å². The molecule has 1 heterocycles. The van der Waals surface area contributed by atoms with Crippen LogP contribution in [0, 0.1) is 5.92 Å². The normalized spacial score (nSPS) is 13.4. The first-order valence-corrected chi connectivity index (χ1v) is 6.76. The summed E-state index contributed by atoms with van der Waals surface area (Å²) in [5.74, 6) is 1.35. The van der Waals surface area contributed by atoms with Crippen LogP contribution >= 0.6 is 0 Å². The van der Waals surface area contributed by atoms with Crippen molar-refractivity contribution in [3.63, 3.8) is 0 Å². The van der Waals surface area contributed by atoms with E-state index in [-0.39, 0.29) is 0 Å². The van der Waals surface area contributed by atoms with Crippen LogP contribution < -0.4 is 0 Å². The SMILES string of the molecule is CCCC(O)c1nc2ccccc2n1CC(C)C. The second-order valence-corrected chi connectivity index (χ2v) is 5.27. The van der Waals surface area contributed by atoms with Crippen LogP contribution in [0.5, 0.6) is 0 Å². The van der Waals surface area contributed by atoms with Gasteiger partial charge in [-0.2, -0.15) is 0 Å². The molecule has 0 aliphatic heterocycles.